The second kappa shape index (κ2) is 6.47. The lowest BCUT2D eigenvalue weighted by Crippen LogP contribution is -2.34. The highest BCUT2D eigenvalue weighted by Crippen LogP contribution is 2.18. The zero-order valence-corrected chi connectivity index (χ0v) is 9.46. The Morgan fingerprint density at radius 3 is 2.87 bits per heavy atom. The van der Waals surface area contributed by atoms with Crippen LogP contribution in [0, 0.1) is 12.3 Å². The van der Waals surface area contributed by atoms with E-state index in [2.05, 4.69) is 18.2 Å². The third-order valence-corrected chi connectivity index (χ3v) is 2.48. The fourth-order valence-corrected chi connectivity index (χ4v) is 1.50. The first-order valence-corrected chi connectivity index (χ1v) is 5.72. The molecule has 1 saturated carbocycles. The maximum atomic E-state index is 11.7. The molecule has 0 spiro atoms. The molecule has 1 aliphatic rings. The Hall–Kier alpha value is -1.01. The van der Waals surface area contributed by atoms with E-state index in [1.807, 2.05) is 0 Å². The lowest BCUT2D eigenvalue weighted by molar-refractivity contribution is -0.130. The van der Waals surface area contributed by atoms with Crippen molar-refractivity contribution in [2.24, 2.45) is 0 Å². The summed E-state index contributed by atoms with van der Waals surface area (Å²) in [7, 11) is 0. The fourth-order valence-electron chi connectivity index (χ4n) is 1.50. The minimum absolute atomic E-state index is 0.169. The molecule has 3 heteroatoms. The molecule has 0 aromatic rings. The summed E-state index contributed by atoms with van der Waals surface area (Å²) in [5.41, 5.74) is 0. The van der Waals surface area contributed by atoms with E-state index < -0.39 is 0 Å². The van der Waals surface area contributed by atoms with Crippen molar-refractivity contribution < 1.29 is 4.79 Å². The molecule has 0 atom stereocenters. The minimum atomic E-state index is 0.169. The lowest BCUT2D eigenvalue weighted by atomic mass is 10.3. The van der Waals surface area contributed by atoms with Gasteiger partial charge < -0.3 is 10.2 Å². The zero-order chi connectivity index (χ0) is 11.1. The molecule has 0 aliphatic heterocycles. The second-order valence-corrected chi connectivity index (χ2v) is 4.00. The SMILES string of the molecule is C#CCN(CCC)C(=O)CCNC1CC1. The first-order chi connectivity index (χ1) is 7.27. The van der Waals surface area contributed by atoms with Gasteiger partial charge in [-0.25, -0.2) is 0 Å². The molecule has 0 bridgehead atoms. The molecule has 0 saturated heterocycles. The Bertz CT molecular complexity index is 240. The highest BCUT2D eigenvalue weighted by Gasteiger charge is 2.20. The third kappa shape index (κ3) is 4.85. The van der Waals surface area contributed by atoms with Gasteiger partial charge in [-0.15, -0.1) is 6.42 Å². The van der Waals surface area contributed by atoms with Crippen LogP contribution in [0.1, 0.15) is 32.6 Å². The molecule has 84 valence electrons. The van der Waals surface area contributed by atoms with E-state index in [9.17, 15) is 4.79 Å². The van der Waals surface area contributed by atoms with E-state index in [4.69, 9.17) is 6.42 Å². The number of hydrogen-bond donors (Lipinski definition) is 1. The smallest absolute Gasteiger partial charge is 0.224 e. The molecule has 0 aromatic heterocycles. The van der Waals surface area contributed by atoms with Crippen LogP contribution in [-0.2, 0) is 4.79 Å². The van der Waals surface area contributed by atoms with Crippen LogP contribution in [0.5, 0.6) is 0 Å². The van der Waals surface area contributed by atoms with Gasteiger partial charge in [-0.05, 0) is 19.3 Å². The van der Waals surface area contributed by atoms with Gasteiger partial charge in [0.25, 0.3) is 0 Å². The first-order valence-electron chi connectivity index (χ1n) is 5.72. The highest BCUT2D eigenvalue weighted by molar-refractivity contribution is 5.76. The van der Waals surface area contributed by atoms with E-state index in [0.717, 1.165) is 19.5 Å². The quantitative estimate of drug-likeness (QED) is 0.633. The van der Waals surface area contributed by atoms with Gasteiger partial charge in [-0.1, -0.05) is 12.8 Å². The van der Waals surface area contributed by atoms with Gasteiger partial charge in [-0.2, -0.15) is 0 Å². The number of amides is 1. The number of rotatable bonds is 7. The van der Waals surface area contributed by atoms with Crippen LogP contribution in [-0.4, -0.2) is 36.5 Å². The fraction of sp³-hybridized carbons (Fsp3) is 0.750. The van der Waals surface area contributed by atoms with Crippen molar-refractivity contribution in [2.75, 3.05) is 19.6 Å². The molecule has 1 aliphatic carbocycles. The summed E-state index contributed by atoms with van der Waals surface area (Å²) in [6.45, 7) is 4.05. The maximum absolute atomic E-state index is 11.7. The van der Waals surface area contributed by atoms with E-state index in [1.165, 1.54) is 12.8 Å². The van der Waals surface area contributed by atoms with Crippen molar-refractivity contribution in [3.63, 3.8) is 0 Å². The molecule has 1 fully saturated rings. The van der Waals surface area contributed by atoms with Crippen molar-refractivity contribution in [1.29, 1.82) is 0 Å². The van der Waals surface area contributed by atoms with Crippen molar-refractivity contribution in [3.8, 4) is 12.3 Å². The van der Waals surface area contributed by atoms with Crippen molar-refractivity contribution >= 4 is 5.91 Å². The van der Waals surface area contributed by atoms with Crippen molar-refractivity contribution in [2.45, 2.75) is 38.6 Å². The largest absolute Gasteiger partial charge is 0.332 e. The Morgan fingerprint density at radius 1 is 1.60 bits per heavy atom. The number of terminal acetylenes is 1. The molecule has 0 unspecified atom stereocenters. The predicted molar refractivity (Wildman–Crippen MR) is 61.3 cm³/mol. The van der Waals surface area contributed by atoms with Crippen LogP contribution in [0.15, 0.2) is 0 Å². The van der Waals surface area contributed by atoms with E-state index >= 15 is 0 Å². The topological polar surface area (TPSA) is 32.3 Å². The summed E-state index contributed by atoms with van der Waals surface area (Å²) in [5.74, 6) is 2.70. The van der Waals surface area contributed by atoms with Gasteiger partial charge in [0.15, 0.2) is 0 Å². The van der Waals surface area contributed by atoms with Crippen molar-refractivity contribution in [1.82, 2.24) is 10.2 Å². The summed E-state index contributed by atoms with van der Waals surface area (Å²) < 4.78 is 0. The molecule has 1 amide bonds. The van der Waals surface area contributed by atoms with Gasteiger partial charge >= 0.3 is 0 Å². The summed E-state index contributed by atoms with van der Waals surface area (Å²) in [6, 6.07) is 0.671. The molecule has 3 nitrogen and oxygen atoms in total. The van der Waals surface area contributed by atoms with Gasteiger partial charge in [0.1, 0.15) is 0 Å². The molecule has 1 N–H and O–H groups in total. The number of carbonyl (C=O) groups is 1. The van der Waals surface area contributed by atoms with E-state index in [0.29, 0.717) is 19.0 Å². The number of carbonyl (C=O) groups excluding carboxylic acids is 1. The monoisotopic (exact) mass is 208 g/mol. The van der Waals surface area contributed by atoms with E-state index in [1.54, 1.807) is 4.90 Å². The molecular formula is C12H20N2O. The Labute approximate surface area is 92.2 Å². The molecule has 0 heterocycles. The van der Waals surface area contributed by atoms with Crippen LogP contribution in [0.3, 0.4) is 0 Å². The number of nitrogens with zero attached hydrogens (tertiary/aromatic N) is 1. The zero-order valence-electron chi connectivity index (χ0n) is 9.46. The van der Waals surface area contributed by atoms with Gasteiger partial charge in [0.2, 0.25) is 5.91 Å². The van der Waals surface area contributed by atoms with Crippen LogP contribution in [0.4, 0.5) is 0 Å². The van der Waals surface area contributed by atoms with Crippen LogP contribution in [0.2, 0.25) is 0 Å². The van der Waals surface area contributed by atoms with Crippen LogP contribution >= 0.6 is 0 Å². The Kier molecular flexibility index (Phi) is 5.20. The number of nitrogens with one attached hydrogen (secondary N) is 1. The molecule has 1 rings (SSSR count). The second-order valence-electron chi connectivity index (χ2n) is 4.00. The number of hydrogen-bond acceptors (Lipinski definition) is 2. The summed E-state index contributed by atoms with van der Waals surface area (Å²) in [6.07, 6.45) is 9.28. The average molecular weight is 208 g/mol. The van der Waals surface area contributed by atoms with Crippen molar-refractivity contribution in [3.05, 3.63) is 0 Å². The summed E-state index contributed by atoms with van der Waals surface area (Å²) in [5, 5.41) is 3.33. The minimum Gasteiger partial charge on any atom is -0.332 e. The maximum Gasteiger partial charge on any atom is 0.224 e. The normalized spacial score (nSPS) is 14.7. The Balaban J connectivity index is 2.17. The molecule has 0 radical (unpaired) electrons. The molecule has 0 aromatic carbocycles. The van der Waals surface area contributed by atoms with Gasteiger partial charge in [0, 0.05) is 25.6 Å². The van der Waals surface area contributed by atoms with E-state index in [-0.39, 0.29) is 5.91 Å². The van der Waals surface area contributed by atoms with Gasteiger partial charge in [0.05, 0.1) is 6.54 Å². The summed E-state index contributed by atoms with van der Waals surface area (Å²) in [4.78, 5) is 13.5. The molecular weight excluding hydrogens is 188 g/mol. The Morgan fingerprint density at radius 2 is 2.33 bits per heavy atom. The molecule has 15 heavy (non-hydrogen) atoms. The van der Waals surface area contributed by atoms with Crippen LogP contribution < -0.4 is 5.32 Å². The van der Waals surface area contributed by atoms with Crippen LogP contribution in [0.25, 0.3) is 0 Å². The average Bonchev–Trinajstić information content (AvgIpc) is 3.01. The summed E-state index contributed by atoms with van der Waals surface area (Å²) >= 11 is 0. The van der Waals surface area contributed by atoms with Gasteiger partial charge in [-0.3, -0.25) is 4.79 Å². The first kappa shape index (κ1) is 12.1. The standard InChI is InChI=1S/C12H20N2O/c1-3-9-14(10-4-2)12(15)7-8-13-11-5-6-11/h1,11,13H,4-10H2,2H3. The highest BCUT2D eigenvalue weighted by atomic mass is 16.2. The third-order valence-electron chi connectivity index (χ3n) is 2.48. The predicted octanol–water partition coefficient (Wildman–Crippen LogP) is 1.00. The lowest BCUT2D eigenvalue weighted by Gasteiger charge is -2.19.